The van der Waals surface area contributed by atoms with Crippen molar-refractivity contribution in [2.24, 2.45) is 0 Å². The Balaban J connectivity index is 1.22. The van der Waals surface area contributed by atoms with Crippen LogP contribution in [0.15, 0.2) is 59.7 Å². The van der Waals surface area contributed by atoms with Gasteiger partial charge in [0.15, 0.2) is 0 Å². The second kappa shape index (κ2) is 8.90. The average Bonchev–Trinajstić information content (AvgIpc) is 3.20. The second-order valence-corrected chi connectivity index (χ2v) is 7.50. The number of carbonyl (C=O) groups excluding carboxylic acids is 1. The van der Waals surface area contributed by atoms with Crippen LogP contribution in [-0.2, 0) is 11.3 Å². The summed E-state index contributed by atoms with van der Waals surface area (Å²) in [7, 11) is 0. The zero-order valence-electron chi connectivity index (χ0n) is 17.0. The molecule has 0 bridgehead atoms. The normalized spacial score (nSPS) is 12.3. The molecule has 7 nitrogen and oxygen atoms in total. The van der Waals surface area contributed by atoms with Crippen LogP contribution in [0.4, 0.5) is 0 Å². The third-order valence-corrected chi connectivity index (χ3v) is 5.23. The third-order valence-electron chi connectivity index (χ3n) is 5.23. The van der Waals surface area contributed by atoms with Gasteiger partial charge in [0.2, 0.25) is 5.91 Å². The van der Waals surface area contributed by atoms with E-state index in [0.717, 1.165) is 36.1 Å². The molecule has 0 saturated heterocycles. The van der Waals surface area contributed by atoms with E-state index in [0.29, 0.717) is 23.9 Å². The quantitative estimate of drug-likeness (QED) is 0.439. The Labute approximate surface area is 174 Å². The van der Waals surface area contributed by atoms with Crippen LogP contribution in [0.5, 0.6) is 0 Å². The Hall–Kier alpha value is -3.48. The Morgan fingerprint density at radius 1 is 1.07 bits per heavy atom. The smallest absolute Gasteiger partial charge is 0.261 e. The molecule has 0 radical (unpaired) electrons. The van der Waals surface area contributed by atoms with Gasteiger partial charge in [0.25, 0.3) is 5.56 Å². The summed E-state index contributed by atoms with van der Waals surface area (Å²) in [4.78, 5) is 36.8. The second-order valence-electron chi connectivity index (χ2n) is 7.50. The largest absolute Gasteiger partial charge is 0.346 e. The van der Waals surface area contributed by atoms with Crippen molar-refractivity contribution >= 4 is 27.8 Å². The van der Waals surface area contributed by atoms with Crippen molar-refractivity contribution in [3.05, 3.63) is 71.0 Å². The number of aromatic nitrogens is 4. The minimum atomic E-state index is -0.174. The zero-order valence-corrected chi connectivity index (χ0v) is 17.0. The molecule has 30 heavy (non-hydrogen) atoms. The maximum Gasteiger partial charge on any atom is 0.261 e. The Bertz CT molecular complexity index is 1190. The summed E-state index contributed by atoms with van der Waals surface area (Å²) in [6.07, 6.45) is 4.52. The summed E-state index contributed by atoms with van der Waals surface area (Å²) in [5.74, 6) is 0.764. The third kappa shape index (κ3) is 4.40. The molecule has 1 amide bonds. The van der Waals surface area contributed by atoms with Crippen LogP contribution in [0, 0.1) is 0 Å². The van der Waals surface area contributed by atoms with Gasteiger partial charge in [-0.2, -0.15) is 0 Å². The highest BCUT2D eigenvalue weighted by Gasteiger charge is 2.13. The van der Waals surface area contributed by atoms with Gasteiger partial charge in [0, 0.05) is 13.0 Å². The molecule has 0 fully saturated rings. The number of aromatic amines is 1. The topological polar surface area (TPSA) is 92.7 Å². The maximum atomic E-state index is 12.5. The van der Waals surface area contributed by atoms with Crippen LogP contribution < -0.4 is 10.9 Å². The lowest BCUT2D eigenvalue weighted by molar-refractivity contribution is -0.121. The molecule has 2 heterocycles. The first-order valence-electron chi connectivity index (χ1n) is 10.3. The van der Waals surface area contributed by atoms with E-state index in [1.165, 1.54) is 0 Å². The number of aryl methyl sites for hydroxylation is 1. The number of hydrogen-bond donors (Lipinski definition) is 2. The Kier molecular flexibility index (Phi) is 5.88. The summed E-state index contributed by atoms with van der Waals surface area (Å²) in [5.41, 5.74) is 2.56. The van der Waals surface area contributed by atoms with Crippen molar-refractivity contribution in [1.82, 2.24) is 24.8 Å². The first-order valence-corrected chi connectivity index (χ1v) is 10.3. The monoisotopic (exact) mass is 403 g/mol. The first-order chi connectivity index (χ1) is 14.6. The Morgan fingerprint density at radius 2 is 1.83 bits per heavy atom. The number of benzene rings is 2. The van der Waals surface area contributed by atoms with E-state index in [2.05, 4.69) is 20.3 Å². The molecule has 154 valence electrons. The number of hydrogen-bond acceptors (Lipinski definition) is 4. The van der Waals surface area contributed by atoms with E-state index in [1.807, 2.05) is 49.4 Å². The molecule has 4 rings (SSSR count). The lowest BCUT2D eigenvalue weighted by Gasteiger charge is -2.11. The fraction of sp³-hybridized carbons (Fsp3) is 0.304. The zero-order chi connectivity index (χ0) is 20.9. The maximum absolute atomic E-state index is 12.5. The van der Waals surface area contributed by atoms with Crippen molar-refractivity contribution in [3.63, 3.8) is 0 Å². The molecule has 0 spiro atoms. The van der Waals surface area contributed by atoms with Crippen LogP contribution in [-0.4, -0.2) is 25.4 Å². The molecular weight excluding hydrogens is 378 g/mol. The van der Waals surface area contributed by atoms with Crippen molar-refractivity contribution in [3.8, 4) is 0 Å². The lowest BCUT2D eigenvalue weighted by Crippen LogP contribution is -2.27. The molecule has 2 aromatic carbocycles. The van der Waals surface area contributed by atoms with Crippen LogP contribution in [0.1, 0.15) is 44.5 Å². The Morgan fingerprint density at radius 3 is 2.67 bits per heavy atom. The number of unbranched alkanes of at least 4 members (excludes halogenated alkanes) is 2. The molecule has 0 unspecified atom stereocenters. The molecule has 2 N–H and O–H groups in total. The van der Waals surface area contributed by atoms with Crippen LogP contribution in [0.2, 0.25) is 0 Å². The standard InChI is InChI=1S/C23H25N5O2/c1-16(22-26-19-11-6-7-12-20(19)27-22)25-21(29)13-3-2-8-14-28-15-24-18-10-5-4-9-17(18)23(28)30/h4-7,9-12,15-16H,2-3,8,13-14H2,1H3,(H,25,29)(H,26,27)/t16-/m0/s1. The summed E-state index contributed by atoms with van der Waals surface area (Å²) < 4.78 is 1.64. The van der Waals surface area contributed by atoms with Gasteiger partial charge >= 0.3 is 0 Å². The van der Waals surface area contributed by atoms with Crippen molar-refractivity contribution in [1.29, 1.82) is 0 Å². The fourth-order valence-electron chi connectivity index (χ4n) is 3.57. The summed E-state index contributed by atoms with van der Waals surface area (Å²) in [5, 5.41) is 3.63. The summed E-state index contributed by atoms with van der Waals surface area (Å²) in [6.45, 7) is 2.53. The molecule has 2 aromatic heterocycles. The van der Waals surface area contributed by atoms with Crippen molar-refractivity contribution < 1.29 is 4.79 Å². The van der Waals surface area contributed by atoms with Crippen molar-refractivity contribution in [2.45, 2.75) is 45.2 Å². The number of rotatable bonds is 8. The van der Waals surface area contributed by atoms with E-state index in [9.17, 15) is 9.59 Å². The van der Waals surface area contributed by atoms with Gasteiger partial charge in [0.05, 0.1) is 34.3 Å². The number of carbonyl (C=O) groups is 1. The van der Waals surface area contributed by atoms with E-state index in [1.54, 1.807) is 17.0 Å². The number of imidazole rings is 1. The number of fused-ring (bicyclic) bond motifs is 2. The summed E-state index contributed by atoms with van der Waals surface area (Å²) in [6, 6.07) is 15.0. The SMILES string of the molecule is C[C@H](NC(=O)CCCCCn1cnc2ccccc2c1=O)c1nc2ccccc2[nH]1. The number of H-pyrrole nitrogens is 1. The molecule has 0 aliphatic carbocycles. The van der Waals surface area contributed by atoms with Gasteiger partial charge in [-0.3, -0.25) is 14.2 Å². The molecule has 7 heteroatoms. The van der Waals surface area contributed by atoms with Gasteiger partial charge in [0.1, 0.15) is 5.82 Å². The van der Waals surface area contributed by atoms with E-state index >= 15 is 0 Å². The number of nitrogens with one attached hydrogen (secondary N) is 2. The average molecular weight is 403 g/mol. The highest BCUT2D eigenvalue weighted by atomic mass is 16.1. The van der Waals surface area contributed by atoms with Crippen LogP contribution in [0.25, 0.3) is 21.9 Å². The molecular formula is C23H25N5O2. The molecule has 4 aromatic rings. The lowest BCUT2D eigenvalue weighted by atomic mass is 10.1. The predicted octanol–water partition coefficient (Wildman–Crippen LogP) is 3.71. The van der Waals surface area contributed by atoms with Gasteiger partial charge in [-0.15, -0.1) is 0 Å². The van der Waals surface area contributed by atoms with Gasteiger partial charge in [-0.25, -0.2) is 9.97 Å². The minimum absolute atomic E-state index is 0.00694. The molecule has 1 atom stereocenters. The van der Waals surface area contributed by atoms with Gasteiger partial charge in [-0.05, 0) is 44.0 Å². The van der Waals surface area contributed by atoms with Crippen molar-refractivity contribution in [2.75, 3.05) is 0 Å². The van der Waals surface area contributed by atoms with E-state index in [4.69, 9.17) is 0 Å². The minimum Gasteiger partial charge on any atom is -0.346 e. The van der Waals surface area contributed by atoms with Crippen LogP contribution in [0.3, 0.4) is 0 Å². The fourth-order valence-corrected chi connectivity index (χ4v) is 3.57. The van der Waals surface area contributed by atoms with E-state index in [-0.39, 0.29) is 17.5 Å². The predicted molar refractivity (Wildman–Crippen MR) is 117 cm³/mol. The number of amides is 1. The molecule has 0 saturated carbocycles. The molecule has 0 aliphatic rings. The van der Waals surface area contributed by atoms with E-state index < -0.39 is 0 Å². The molecule has 0 aliphatic heterocycles. The van der Waals surface area contributed by atoms with Gasteiger partial charge in [-0.1, -0.05) is 30.7 Å². The highest BCUT2D eigenvalue weighted by molar-refractivity contribution is 5.78. The van der Waals surface area contributed by atoms with Crippen LogP contribution >= 0.6 is 0 Å². The summed E-state index contributed by atoms with van der Waals surface area (Å²) >= 11 is 0. The highest BCUT2D eigenvalue weighted by Crippen LogP contribution is 2.15. The first kappa shape index (κ1) is 19.8. The number of para-hydroxylation sites is 3. The van der Waals surface area contributed by atoms with Gasteiger partial charge < -0.3 is 10.3 Å². The number of nitrogens with zero attached hydrogens (tertiary/aromatic N) is 3.